The van der Waals surface area contributed by atoms with Gasteiger partial charge in [0.25, 0.3) is 0 Å². The Hall–Kier alpha value is -1.21. The van der Waals surface area contributed by atoms with Crippen LogP contribution in [0.25, 0.3) is 0 Å². The Morgan fingerprint density at radius 1 is 1.14 bits per heavy atom. The zero-order valence-electron chi connectivity index (χ0n) is 7.78. The molecule has 0 saturated carbocycles. The van der Waals surface area contributed by atoms with Crippen molar-refractivity contribution in [3.8, 4) is 0 Å². The Morgan fingerprint density at radius 3 is 2.57 bits per heavy atom. The topological polar surface area (TPSA) is 12.0 Å². The fourth-order valence-electron chi connectivity index (χ4n) is 1.45. The summed E-state index contributed by atoms with van der Waals surface area (Å²) in [4.78, 5) is -0.462. The summed E-state index contributed by atoms with van der Waals surface area (Å²) in [5, 5.41) is 3.28. The van der Waals surface area contributed by atoms with Gasteiger partial charge in [0, 0.05) is 12.1 Å². The molecule has 2 rings (SSSR count). The average molecular weight is 206 g/mol. The number of hydrogen-bond acceptors (Lipinski definition) is 1. The number of benzene rings is 1. The Labute approximate surface area is 89.1 Å². The van der Waals surface area contributed by atoms with Crippen molar-refractivity contribution in [1.82, 2.24) is 0 Å². The lowest BCUT2D eigenvalue weighted by molar-refractivity contribution is 0.800. The SMILES string of the molecule is Cl[C@@]1(Nc2ccccc2)C=CC=CC1. The van der Waals surface area contributed by atoms with Crippen LogP contribution >= 0.6 is 11.6 Å². The number of alkyl halides is 1. The number of nitrogens with one attached hydrogen (secondary N) is 1. The maximum atomic E-state index is 6.36. The average Bonchev–Trinajstić information content (AvgIpc) is 2.19. The van der Waals surface area contributed by atoms with Crippen LogP contribution in [0.4, 0.5) is 5.69 Å². The summed E-state index contributed by atoms with van der Waals surface area (Å²) in [5.74, 6) is 0. The van der Waals surface area contributed by atoms with E-state index in [2.05, 4.69) is 11.4 Å². The van der Waals surface area contributed by atoms with E-state index < -0.39 is 5.00 Å². The molecule has 1 aliphatic carbocycles. The predicted octanol–water partition coefficient (Wildman–Crippen LogP) is 3.55. The quantitative estimate of drug-likeness (QED) is 0.575. The molecule has 1 N–H and O–H groups in total. The highest BCUT2D eigenvalue weighted by Gasteiger charge is 2.22. The zero-order chi connectivity index (χ0) is 9.86. The molecule has 0 saturated heterocycles. The van der Waals surface area contributed by atoms with Crippen molar-refractivity contribution >= 4 is 17.3 Å². The normalized spacial score (nSPS) is 24.9. The van der Waals surface area contributed by atoms with Gasteiger partial charge in [-0.1, -0.05) is 48.0 Å². The molecule has 1 nitrogen and oxygen atoms in total. The van der Waals surface area contributed by atoms with Gasteiger partial charge in [-0.3, -0.25) is 0 Å². The van der Waals surface area contributed by atoms with Crippen LogP contribution in [-0.2, 0) is 0 Å². The van der Waals surface area contributed by atoms with Gasteiger partial charge in [0.15, 0.2) is 0 Å². The van der Waals surface area contributed by atoms with Gasteiger partial charge >= 0.3 is 0 Å². The molecule has 0 fully saturated rings. The maximum absolute atomic E-state index is 6.36. The summed E-state index contributed by atoms with van der Waals surface area (Å²) < 4.78 is 0. The van der Waals surface area contributed by atoms with E-state index >= 15 is 0 Å². The van der Waals surface area contributed by atoms with Gasteiger partial charge in [0.05, 0.1) is 0 Å². The molecular weight excluding hydrogens is 194 g/mol. The fraction of sp³-hybridized carbons (Fsp3) is 0.167. The summed E-state index contributed by atoms with van der Waals surface area (Å²) in [6, 6.07) is 9.99. The summed E-state index contributed by atoms with van der Waals surface area (Å²) in [6.45, 7) is 0. The van der Waals surface area contributed by atoms with Crippen LogP contribution in [-0.4, -0.2) is 5.00 Å². The van der Waals surface area contributed by atoms with Crippen molar-refractivity contribution in [2.45, 2.75) is 11.4 Å². The molecule has 1 aromatic rings. The lowest BCUT2D eigenvalue weighted by Crippen LogP contribution is -2.29. The molecule has 0 unspecified atom stereocenters. The highest BCUT2D eigenvalue weighted by atomic mass is 35.5. The number of allylic oxidation sites excluding steroid dienone is 2. The molecule has 0 bridgehead atoms. The molecule has 1 aromatic carbocycles. The van der Waals surface area contributed by atoms with Crippen LogP contribution in [0.1, 0.15) is 6.42 Å². The maximum Gasteiger partial charge on any atom is 0.135 e. The van der Waals surface area contributed by atoms with Gasteiger partial charge < -0.3 is 5.32 Å². The van der Waals surface area contributed by atoms with Crippen molar-refractivity contribution in [1.29, 1.82) is 0 Å². The van der Waals surface area contributed by atoms with Crippen molar-refractivity contribution in [3.05, 3.63) is 54.6 Å². The minimum Gasteiger partial charge on any atom is -0.363 e. The minimum atomic E-state index is -0.462. The minimum absolute atomic E-state index is 0.462. The Balaban J connectivity index is 2.11. The van der Waals surface area contributed by atoms with E-state index in [1.54, 1.807) is 0 Å². The first-order valence-corrected chi connectivity index (χ1v) is 5.03. The Bertz CT molecular complexity index is 356. The summed E-state index contributed by atoms with van der Waals surface area (Å²) in [6.07, 6.45) is 8.81. The number of para-hydroxylation sites is 1. The molecule has 1 aliphatic rings. The smallest absolute Gasteiger partial charge is 0.135 e. The van der Waals surface area contributed by atoms with E-state index in [0.29, 0.717) is 0 Å². The van der Waals surface area contributed by atoms with Gasteiger partial charge in [-0.15, -0.1) is 0 Å². The van der Waals surface area contributed by atoms with E-state index in [1.807, 2.05) is 48.6 Å². The van der Waals surface area contributed by atoms with E-state index in [-0.39, 0.29) is 0 Å². The molecule has 0 radical (unpaired) electrons. The first-order chi connectivity index (χ1) is 6.79. The van der Waals surface area contributed by atoms with Gasteiger partial charge in [-0.2, -0.15) is 0 Å². The fourth-order valence-corrected chi connectivity index (χ4v) is 1.72. The van der Waals surface area contributed by atoms with E-state index in [4.69, 9.17) is 11.6 Å². The third-order valence-electron chi connectivity index (χ3n) is 2.15. The third kappa shape index (κ3) is 2.18. The summed E-state index contributed by atoms with van der Waals surface area (Å²) >= 11 is 6.36. The lowest BCUT2D eigenvalue weighted by atomic mass is 10.1. The monoisotopic (exact) mass is 205 g/mol. The third-order valence-corrected chi connectivity index (χ3v) is 2.52. The zero-order valence-corrected chi connectivity index (χ0v) is 8.54. The van der Waals surface area contributed by atoms with Crippen LogP contribution in [0.5, 0.6) is 0 Å². The molecule has 0 heterocycles. The Morgan fingerprint density at radius 2 is 1.93 bits per heavy atom. The lowest BCUT2D eigenvalue weighted by Gasteiger charge is -2.26. The van der Waals surface area contributed by atoms with Gasteiger partial charge in [0.2, 0.25) is 0 Å². The molecule has 0 amide bonds. The van der Waals surface area contributed by atoms with E-state index in [0.717, 1.165) is 12.1 Å². The largest absolute Gasteiger partial charge is 0.363 e. The second kappa shape index (κ2) is 3.89. The summed E-state index contributed by atoms with van der Waals surface area (Å²) in [5.41, 5.74) is 1.04. The van der Waals surface area contributed by atoms with Gasteiger partial charge in [0.1, 0.15) is 5.00 Å². The first-order valence-electron chi connectivity index (χ1n) is 4.65. The van der Waals surface area contributed by atoms with E-state index in [1.165, 1.54) is 0 Å². The van der Waals surface area contributed by atoms with E-state index in [9.17, 15) is 0 Å². The van der Waals surface area contributed by atoms with Gasteiger partial charge in [-0.05, 0) is 18.2 Å². The van der Waals surface area contributed by atoms with Crippen LogP contribution < -0.4 is 5.32 Å². The van der Waals surface area contributed by atoms with Crippen molar-refractivity contribution < 1.29 is 0 Å². The summed E-state index contributed by atoms with van der Waals surface area (Å²) in [7, 11) is 0. The van der Waals surface area contributed by atoms with Crippen LogP contribution in [0.2, 0.25) is 0 Å². The number of rotatable bonds is 2. The first kappa shape index (κ1) is 9.35. The molecule has 72 valence electrons. The second-order valence-corrected chi connectivity index (χ2v) is 4.02. The molecular formula is C12H12ClN. The second-order valence-electron chi connectivity index (χ2n) is 3.34. The molecule has 0 aromatic heterocycles. The Kier molecular flexibility index (Phi) is 2.60. The molecule has 2 heteroatoms. The molecule has 14 heavy (non-hydrogen) atoms. The predicted molar refractivity (Wildman–Crippen MR) is 61.5 cm³/mol. The number of anilines is 1. The number of hydrogen-bond donors (Lipinski definition) is 1. The van der Waals surface area contributed by atoms with Crippen LogP contribution in [0.3, 0.4) is 0 Å². The van der Waals surface area contributed by atoms with Gasteiger partial charge in [-0.25, -0.2) is 0 Å². The highest BCUT2D eigenvalue weighted by molar-refractivity contribution is 6.26. The molecule has 0 aliphatic heterocycles. The van der Waals surface area contributed by atoms with Crippen molar-refractivity contribution in [2.75, 3.05) is 5.32 Å². The van der Waals surface area contributed by atoms with Crippen molar-refractivity contribution in [3.63, 3.8) is 0 Å². The van der Waals surface area contributed by atoms with Crippen molar-refractivity contribution in [2.24, 2.45) is 0 Å². The standard InChI is InChI=1S/C12H12ClN/c13-12(9-5-2-6-10-12)14-11-7-3-1-4-8-11/h1-9,14H,10H2/t12-/m1/s1. The molecule has 1 atom stereocenters. The van der Waals surface area contributed by atoms with Crippen LogP contribution in [0.15, 0.2) is 54.6 Å². The molecule has 0 spiro atoms. The van der Waals surface area contributed by atoms with Crippen LogP contribution in [0, 0.1) is 0 Å². The highest BCUT2D eigenvalue weighted by Crippen LogP contribution is 2.27. The number of halogens is 1.